The number of nitrogens with zero attached hydrogens (tertiary/aromatic N) is 2. The van der Waals surface area contributed by atoms with Crippen molar-refractivity contribution in [2.24, 2.45) is 0 Å². The zero-order valence-electron chi connectivity index (χ0n) is 14.2. The molecule has 0 fully saturated rings. The van der Waals surface area contributed by atoms with E-state index in [4.69, 9.17) is 11.6 Å². The molecule has 1 aromatic heterocycles. The van der Waals surface area contributed by atoms with E-state index in [2.05, 4.69) is 44.9 Å². The van der Waals surface area contributed by atoms with Crippen molar-refractivity contribution >= 4 is 29.1 Å². The summed E-state index contributed by atoms with van der Waals surface area (Å²) < 4.78 is 0. The van der Waals surface area contributed by atoms with Crippen molar-refractivity contribution in [3.8, 4) is 0 Å². The highest BCUT2D eigenvalue weighted by atomic mass is 35.5. The monoisotopic (exact) mass is 352 g/mol. The summed E-state index contributed by atoms with van der Waals surface area (Å²) >= 11 is 5.91. The van der Waals surface area contributed by atoms with Gasteiger partial charge in [0.2, 0.25) is 5.95 Å². The second kappa shape index (κ2) is 8.49. The molecule has 1 heterocycles. The third-order valence-electron chi connectivity index (χ3n) is 3.75. The zero-order valence-corrected chi connectivity index (χ0v) is 14.9. The Labute approximate surface area is 153 Å². The highest BCUT2D eigenvalue weighted by molar-refractivity contribution is 6.30. The fourth-order valence-corrected chi connectivity index (χ4v) is 2.66. The number of nitrogens with one attached hydrogen (secondary N) is 2. The smallest absolute Gasteiger partial charge is 0.229 e. The van der Waals surface area contributed by atoms with Crippen molar-refractivity contribution in [2.45, 2.75) is 19.8 Å². The van der Waals surface area contributed by atoms with Gasteiger partial charge in [-0.3, -0.25) is 0 Å². The van der Waals surface area contributed by atoms with E-state index in [0.29, 0.717) is 11.0 Å². The highest BCUT2D eigenvalue weighted by Crippen LogP contribution is 2.18. The van der Waals surface area contributed by atoms with Gasteiger partial charge in [-0.1, -0.05) is 41.9 Å². The van der Waals surface area contributed by atoms with Crippen LogP contribution >= 0.6 is 11.6 Å². The summed E-state index contributed by atoms with van der Waals surface area (Å²) in [5.41, 5.74) is 3.18. The first-order valence-electron chi connectivity index (χ1n) is 8.35. The van der Waals surface area contributed by atoms with Gasteiger partial charge in [-0.05, 0) is 49.6 Å². The Morgan fingerprint density at radius 1 is 0.960 bits per heavy atom. The van der Waals surface area contributed by atoms with Gasteiger partial charge in [0.05, 0.1) is 0 Å². The molecule has 3 aromatic rings. The van der Waals surface area contributed by atoms with E-state index in [1.54, 1.807) is 0 Å². The maximum atomic E-state index is 5.91. The fourth-order valence-electron chi connectivity index (χ4n) is 2.53. The summed E-state index contributed by atoms with van der Waals surface area (Å²) in [6.45, 7) is 2.83. The van der Waals surface area contributed by atoms with Gasteiger partial charge < -0.3 is 10.6 Å². The van der Waals surface area contributed by atoms with Gasteiger partial charge in [0.1, 0.15) is 5.82 Å². The molecule has 0 bridgehead atoms. The molecular formula is C20H21ClN4. The molecule has 0 radical (unpaired) electrons. The zero-order chi connectivity index (χ0) is 17.5. The predicted octanol–water partition coefficient (Wildman–Crippen LogP) is 5.23. The molecule has 0 spiro atoms. The van der Waals surface area contributed by atoms with E-state index in [1.165, 1.54) is 5.56 Å². The van der Waals surface area contributed by atoms with Gasteiger partial charge in [-0.2, -0.15) is 4.98 Å². The summed E-state index contributed by atoms with van der Waals surface area (Å²) in [6, 6.07) is 19.9. The first kappa shape index (κ1) is 17.2. The minimum Gasteiger partial charge on any atom is -0.370 e. The molecular weight excluding hydrogens is 332 g/mol. The van der Waals surface area contributed by atoms with E-state index in [-0.39, 0.29) is 0 Å². The van der Waals surface area contributed by atoms with Crippen LogP contribution in [0.4, 0.5) is 17.5 Å². The van der Waals surface area contributed by atoms with E-state index in [9.17, 15) is 0 Å². The van der Waals surface area contributed by atoms with Gasteiger partial charge in [-0.15, -0.1) is 0 Å². The lowest BCUT2D eigenvalue weighted by atomic mass is 10.1. The lowest BCUT2D eigenvalue weighted by Crippen LogP contribution is -2.07. The van der Waals surface area contributed by atoms with Crippen molar-refractivity contribution in [3.63, 3.8) is 0 Å². The Morgan fingerprint density at radius 2 is 1.72 bits per heavy atom. The maximum Gasteiger partial charge on any atom is 0.229 e. The molecule has 0 unspecified atom stereocenters. The quantitative estimate of drug-likeness (QED) is 0.572. The molecule has 0 aliphatic heterocycles. The molecule has 25 heavy (non-hydrogen) atoms. The number of hydrogen-bond acceptors (Lipinski definition) is 4. The number of halogens is 1. The van der Waals surface area contributed by atoms with Crippen LogP contribution in [0.25, 0.3) is 0 Å². The fraction of sp³-hybridized carbons (Fsp3) is 0.200. The molecule has 0 atom stereocenters. The van der Waals surface area contributed by atoms with Crippen molar-refractivity contribution in [1.82, 2.24) is 9.97 Å². The average molecular weight is 353 g/mol. The molecule has 0 saturated heterocycles. The Balaban J connectivity index is 1.56. The van der Waals surface area contributed by atoms with E-state index >= 15 is 0 Å². The lowest BCUT2D eigenvalue weighted by molar-refractivity contribution is 0.857. The van der Waals surface area contributed by atoms with E-state index in [1.807, 2.05) is 43.3 Å². The first-order valence-corrected chi connectivity index (χ1v) is 8.73. The van der Waals surface area contributed by atoms with Crippen LogP contribution in [0.3, 0.4) is 0 Å². The van der Waals surface area contributed by atoms with Crippen LogP contribution in [-0.2, 0) is 6.42 Å². The van der Waals surface area contributed by atoms with Crippen molar-refractivity contribution in [2.75, 3.05) is 17.2 Å². The number of rotatable bonds is 7. The van der Waals surface area contributed by atoms with E-state index in [0.717, 1.165) is 36.6 Å². The van der Waals surface area contributed by atoms with Gasteiger partial charge in [0.15, 0.2) is 0 Å². The summed E-state index contributed by atoms with van der Waals surface area (Å²) in [5.74, 6) is 1.41. The molecule has 0 saturated carbocycles. The largest absolute Gasteiger partial charge is 0.370 e. The molecule has 2 N–H and O–H groups in total. The average Bonchev–Trinajstić information content (AvgIpc) is 2.61. The lowest BCUT2D eigenvalue weighted by Gasteiger charge is -2.10. The molecule has 128 valence electrons. The minimum absolute atomic E-state index is 0.577. The molecule has 0 aliphatic rings. The summed E-state index contributed by atoms with van der Waals surface area (Å²) in [4.78, 5) is 8.96. The minimum atomic E-state index is 0.577. The van der Waals surface area contributed by atoms with Gasteiger partial charge in [0.25, 0.3) is 0 Å². The second-order valence-corrected chi connectivity index (χ2v) is 6.30. The number of aromatic nitrogens is 2. The van der Waals surface area contributed by atoms with Crippen molar-refractivity contribution in [1.29, 1.82) is 0 Å². The second-order valence-electron chi connectivity index (χ2n) is 5.87. The molecule has 5 heteroatoms. The topological polar surface area (TPSA) is 49.8 Å². The van der Waals surface area contributed by atoms with Crippen LogP contribution in [0, 0.1) is 6.92 Å². The molecule has 0 aliphatic carbocycles. The summed E-state index contributed by atoms with van der Waals surface area (Å²) in [5, 5.41) is 7.29. The molecule has 3 rings (SSSR count). The van der Waals surface area contributed by atoms with Crippen molar-refractivity contribution < 1.29 is 0 Å². The number of aryl methyl sites for hydroxylation is 2. The Morgan fingerprint density at radius 3 is 2.48 bits per heavy atom. The standard InChI is InChI=1S/C20H21ClN4/c1-15-14-19(22-13-5-8-16-6-3-2-4-7-16)25-20(23-15)24-18-11-9-17(21)10-12-18/h2-4,6-7,9-12,14H,5,8,13H2,1H3,(H2,22,23,24,25). The van der Waals surface area contributed by atoms with Crippen LogP contribution in [-0.4, -0.2) is 16.5 Å². The Bertz CT molecular complexity index is 804. The van der Waals surface area contributed by atoms with Crippen LogP contribution in [0.1, 0.15) is 17.7 Å². The van der Waals surface area contributed by atoms with Crippen LogP contribution in [0.15, 0.2) is 60.7 Å². The normalized spacial score (nSPS) is 10.5. The van der Waals surface area contributed by atoms with Gasteiger partial charge in [-0.25, -0.2) is 4.98 Å². The molecule has 4 nitrogen and oxygen atoms in total. The summed E-state index contributed by atoms with van der Waals surface area (Å²) in [6.07, 6.45) is 2.10. The van der Waals surface area contributed by atoms with Crippen LogP contribution in [0.2, 0.25) is 5.02 Å². The van der Waals surface area contributed by atoms with Crippen molar-refractivity contribution in [3.05, 3.63) is 76.9 Å². The SMILES string of the molecule is Cc1cc(NCCCc2ccccc2)nc(Nc2ccc(Cl)cc2)n1. The Kier molecular flexibility index (Phi) is 5.86. The Hall–Kier alpha value is -2.59. The van der Waals surface area contributed by atoms with Gasteiger partial charge >= 0.3 is 0 Å². The number of hydrogen-bond donors (Lipinski definition) is 2. The molecule has 2 aromatic carbocycles. The summed E-state index contributed by atoms with van der Waals surface area (Å²) in [7, 11) is 0. The molecule has 0 amide bonds. The van der Waals surface area contributed by atoms with Crippen LogP contribution in [0.5, 0.6) is 0 Å². The third-order valence-corrected chi connectivity index (χ3v) is 4.00. The van der Waals surface area contributed by atoms with Crippen LogP contribution < -0.4 is 10.6 Å². The first-order chi connectivity index (χ1) is 12.2. The number of anilines is 3. The number of benzene rings is 2. The highest BCUT2D eigenvalue weighted by Gasteiger charge is 2.03. The third kappa shape index (κ3) is 5.47. The maximum absolute atomic E-state index is 5.91. The van der Waals surface area contributed by atoms with E-state index < -0.39 is 0 Å². The predicted molar refractivity (Wildman–Crippen MR) is 105 cm³/mol. The van der Waals surface area contributed by atoms with Gasteiger partial charge in [0, 0.05) is 29.0 Å².